The number of imidazole rings is 1. The Bertz CT molecular complexity index is 472. The Labute approximate surface area is 127 Å². The number of carbonyl (C=O) groups excluding carboxylic acids is 1. The molecule has 0 amide bonds. The second kappa shape index (κ2) is 7.45. The van der Waals surface area contributed by atoms with Crippen LogP contribution in [0.4, 0.5) is 5.82 Å². The lowest BCUT2D eigenvalue weighted by Crippen LogP contribution is -2.39. The smallest absolute Gasteiger partial charge is 0.360 e. The lowest BCUT2D eigenvalue weighted by Gasteiger charge is -2.30. The molecule has 21 heavy (non-hydrogen) atoms. The molecular formula is C15H28N4O2. The summed E-state index contributed by atoms with van der Waals surface area (Å²) in [6, 6.07) is 0.916. The first-order valence-electron chi connectivity index (χ1n) is 7.55. The molecule has 120 valence electrons. The fourth-order valence-corrected chi connectivity index (χ4v) is 2.54. The van der Waals surface area contributed by atoms with Crippen LogP contribution in [0.25, 0.3) is 0 Å². The third kappa shape index (κ3) is 4.20. The molecule has 0 aromatic carbocycles. The Morgan fingerprint density at radius 2 is 1.90 bits per heavy atom. The largest absolute Gasteiger partial charge is 0.461 e. The summed E-state index contributed by atoms with van der Waals surface area (Å²) in [7, 11) is 0. The minimum atomic E-state index is -0.457. The van der Waals surface area contributed by atoms with E-state index in [9.17, 15) is 4.79 Å². The fraction of sp³-hybridized carbons (Fsp3) is 0.733. The highest BCUT2D eigenvalue weighted by atomic mass is 16.5. The fourth-order valence-electron chi connectivity index (χ4n) is 2.54. The van der Waals surface area contributed by atoms with E-state index in [1.165, 1.54) is 0 Å². The number of nitrogens with zero attached hydrogens (tertiary/aromatic N) is 3. The topological polar surface area (TPSA) is 73.4 Å². The van der Waals surface area contributed by atoms with Crippen molar-refractivity contribution in [2.75, 3.05) is 18.9 Å². The zero-order valence-electron chi connectivity index (χ0n) is 14.0. The first-order chi connectivity index (χ1) is 9.79. The summed E-state index contributed by atoms with van der Waals surface area (Å²) in [6.07, 6.45) is 0. The maximum Gasteiger partial charge on any atom is 0.360 e. The monoisotopic (exact) mass is 296 g/mol. The van der Waals surface area contributed by atoms with Crippen LogP contribution in [-0.2, 0) is 11.3 Å². The summed E-state index contributed by atoms with van der Waals surface area (Å²) in [6.45, 7) is 14.2. The van der Waals surface area contributed by atoms with E-state index >= 15 is 0 Å². The van der Waals surface area contributed by atoms with Gasteiger partial charge in [0.2, 0.25) is 0 Å². The van der Waals surface area contributed by atoms with Gasteiger partial charge in [0, 0.05) is 25.2 Å². The molecule has 0 fully saturated rings. The highest BCUT2D eigenvalue weighted by molar-refractivity contribution is 5.92. The van der Waals surface area contributed by atoms with Crippen LogP contribution >= 0.6 is 0 Å². The second-order valence-corrected chi connectivity index (χ2v) is 5.69. The molecule has 0 bridgehead atoms. The molecule has 0 atom stereocenters. The number of aryl methyl sites for hydroxylation is 1. The number of ether oxygens (including phenoxy) is 1. The number of nitrogens with two attached hydrogens (primary N) is 1. The molecule has 0 spiro atoms. The van der Waals surface area contributed by atoms with Gasteiger partial charge in [-0.1, -0.05) is 0 Å². The third-order valence-electron chi connectivity index (χ3n) is 3.57. The number of aromatic nitrogens is 2. The minimum Gasteiger partial charge on any atom is -0.461 e. The van der Waals surface area contributed by atoms with Crippen LogP contribution in [0.2, 0.25) is 0 Å². The van der Waals surface area contributed by atoms with Crippen molar-refractivity contribution < 1.29 is 9.53 Å². The van der Waals surface area contributed by atoms with Crippen molar-refractivity contribution in [1.29, 1.82) is 0 Å². The molecule has 0 radical (unpaired) electrons. The molecule has 0 aliphatic carbocycles. The van der Waals surface area contributed by atoms with Gasteiger partial charge in [0.15, 0.2) is 5.69 Å². The predicted molar refractivity (Wildman–Crippen MR) is 84.3 cm³/mol. The van der Waals surface area contributed by atoms with Crippen molar-refractivity contribution in [3.05, 3.63) is 11.5 Å². The highest BCUT2D eigenvalue weighted by Gasteiger charge is 2.21. The molecule has 0 unspecified atom stereocenters. The molecule has 6 heteroatoms. The van der Waals surface area contributed by atoms with Crippen LogP contribution in [-0.4, -0.2) is 45.7 Å². The number of hydrogen-bond donors (Lipinski definition) is 1. The zero-order valence-corrected chi connectivity index (χ0v) is 14.0. The van der Waals surface area contributed by atoms with Gasteiger partial charge in [0.05, 0.1) is 6.61 Å². The first kappa shape index (κ1) is 17.5. The van der Waals surface area contributed by atoms with Crippen molar-refractivity contribution in [2.45, 2.75) is 60.2 Å². The van der Waals surface area contributed by atoms with E-state index < -0.39 is 5.97 Å². The number of esters is 1. The summed E-state index contributed by atoms with van der Waals surface area (Å²) in [5.74, 6) is 0.669. The van der Waals surface area contributed by atoms with E-state index in [2.05, 4.69) is 37.6 Å². The number of anilines is 1. The van der Waals surface area contributed by atoms with Crippen LogP contribution in [0.5, 0.6) is 0 Å². The van der Waals surface area contributed by atoms with Crippen molar-refractivity contribution >= 4 is 11.8 Å². The normalized spacial score (nSPS) is 11.7. The van der Waals surface area contributed by atoms with E-state index in [1.807, 2.05) is 11.5 Å². The van der Waals surface area contributed by atoms with Crippen molar-refractivity contribution in [3.63, 3.8) is 0 Å². The summed E-state index contributed by atoms with van der Waals surface area (Å²) in [4.78, 5) is 18.4. The van der Waals surface area contributed by atoms with E-state index in [-0.39, 0.29) is 5.69 Å². The molecule has 2 N–H and O–H groups in total. The summed E-state index contributed by atoms with van der Waals surface area (Å²) in [5.41, 5.74) is 6.27. The molecule has 0 aliphatic heterocycles. The van der Waals surface area contributed by atoms with E-state index in [0.717, 1.165) is 12.4 Å². The molecule has 1 aromatic rings. The highest BCUT2D eigenvalue weighted by Crippen LogP contribution is 2.16. The van der Waals surface area contributed by atoms with E-state index in [0.29, 0.717) is 31.1 Å². The minimum absolute atomic E-state index is 0.218. The number of rotatable bonds is 7. The Balaban J connectivity index is 2.87. The van der Waals surface area contributed by atoms with Gasteiger partial charge in [0.25, 0.3) is 0 Å². The standard InChI is InChI=1S/C15H28N4O2/c1-7-21-15(20)13-14(16)19(12(6)17-13)9-8-18(10(2)3)11(4)5/h10-11H,7-9,16H2,1-6H3. The van der Waals surface area contributed by atoms with Crippen LogP contribution in [0.1, 0.15) is 50.9 Å². The Morgan fingerprint density at radius 3 is 2.38 bits per heavy atom. The molecule has 0 aliphatic rings. The lowest BCUT2D eigenvalue weighted by molar-refractivity contribution is 0.0521. The second-order valence-electron chi connectivity index (χ2n) is 5.69. The van der Waals surface area contributed by atoms with Gasteiger partial charge >= 0.3 is 5.97 Å². The molecule has 0 saturated carbocycles. The van der Waals surface area contributed by atoms with Gasteiger partial charge in [-0.2, -0.15) is 0 Å². The van der Waals surface area contributed by atoms with Crippen LogP contribution in [0.15, 0.2) is 0 Å². The molecule has 1 aromatic heterocycles. The average Bonchev–Trinajstić information content (AvgIpc) is 2.66. The average molecular weight is 296 g/mol. The molecule has 1 heterocycles. The Hall–Kier alpha value is -1.56. The predicted octanol–water partition coefficient (Wildman–Crippen LogP) is 2.07. The SMILES string of the molecule is CCOC(=O)c1nc(C)n(CCN(C(C)C)C(C)C)c1N. The van der Waals surface area contributed by atoms with Gasteiger partial charge in [0.1, 0.15) is 11.6 Å². The number of carbonyl (C=O) groups is 1. The van der Waals surface area contributed by atoms with Gasteiger partial charge in [-0.15, -0.1) is 0 Å². The Morgan fingerprint density at radius 1 is 1.33 bits per heavy atom. The van der Waals surface area contributed by atoms with Crippen LogP contribution < -0.4 is 5.73 Å². The van der Waals surface area contributed by atoms with Gasteiger partial charge in [-0.3, -0.25) is 4.90 Å². The van der Waals surface area contributed by atoms with Crippen molar-refractivity contribution in [3.8, 4) is 0 Å². The van der Waals surface area contributed by atoms with Gasteiger partial charge < -0.3 is 15.0 Å². The van der Waals surface area contributed by atoms with Crippen molar-refractivity contribution in [2.24, 2.45) is 0 Å². The zero-order chi connectivity index (χ0) is 16.2. The summed E-state index contributed by atoms with van der Waals surface area (Å²) >= 11 is 0. The summed E-state index contributed by atoms with van der Waals surface area (Å²) < 4.78 is 6.85. The third-order valence-corrected chi connectivity index (χ3v) is 3.57. The molecule has 1 rings (SSSR count). The molecule has 6 nitrogen and oxygen atoms in total. The van der Waals surface area contributed by atoms with Crippen LogP contribution in [0, 0.1) is 6.92 Å². The maximum atomic E-state index is 11.8. The maximum absolute atomic E-state index is 11.8. The van der Waals surface area contributed by atoms with Crippen LogP contribution in [0.3, 0.4) is 0 Å². The van der Waals surface area contributed by atoms with E-state index in [1.54, 1.807) is 6.92 Å². The number of hydrogen-bond acceptors (Lipinski definition) is 5. The van der Waals surface area contributed by atoms with Gasteiger partial charge in [-0.25, -0.2) is 9.78 Å². The summed E-state index contributed by atoms with van der Waals surface area (Å²) in [5, 5.41) is 0. The van der Waals surface area contributed by atoms with Crippen molar-refractivity contribution in [1.82, 2.24) is 14.5 Å². The van der Waals surface area contributed by atoms with Gasteiger partial charge in [-0.05, 0) is 41.5 Å². The van der Waals surface area contributed by atoms with E-state index in [4.69, 9.17) is 10.5 Å². The lowest BCUT2D eigenvalue weighted by atomic mass is 10.2. The Kier molecular flexibility index (Phi) is 6.20. The molecular weight excluding hydrogens is 268 g/mol. The molecule has 0 saturated heterocycles. The quantitative estimate of drug-likeness (QED) is 0.780. The number of nitrogen functional groups attached to an aromatic ring is 1. The first-order valence-corrected chi connectivity index (χ1v) is 7.55.